The minimum atomic E-state index is -4.55. The third-order valence-electron chi connectivity index (χ3n) is 5.67. The lowest BCUT2D eigenvalue weighted by Crippen LogP contribution is -2.17. The average Bonchev–Trinajstić information content (AvgIpc) is 3.17. The van der Waals surface area contributed by atoms with Gasteiger partial charge in [-0.1, -0.05) is 42.5 Å². The van der Waals surface area contributed by atoms with E-state index in [0.29, 0.717) is 22.5 Å². The van der Waals surface area contributed by atoms with Gasteiger partial charge < -0.3 is 20.3 Å². The van der Waals surface area contributed by atoms with E-state index in [4.69, 9.17) is 4.74 Å². The van der Waals surface area contributed by atoms with Gasteiger partial charge in [0.05, 0.1) is 35.2 Å². The molecule has 0 atom stereocenters. The monoisotopic (exact) mass is 495 g/mol. The van der Waals surface area contributed by atoms with Gasteiger partial charge in [-0.3, -0.25) is 4.79 Å². The SMILES string of the molecule is COC(=O)c1ccc2c(c1)NC(=O)/C2=C(/Nc1ccc(CN(C)C)c(C(F)(F)F)c1)c1ccccc1. The molecule has 9 heteroatoms. The number of hydrogen-bond acceptors (Lipinski definition) is 5. The van der Waals surface area contributed by atoms with E-state index in [-0.39, 0.29) is 28.9 Å². The number of ether oxygens (including phenoxy) is 1. The number of anilines is 2. The first kappa shape index (κ1) is 25.0. The molecule has 1 amide bonds. The number of methoxy groups -OCH3 is 1. The Morgan fingerprint density at radius 1 is 1.00 bits per heavy atom. The maximum absolute atomic E-state index is 13.9. The molecule has 3 aromatic carbocycles. The molecule has 1 heterocycles. The smallest absolute Gasteiger partial charge is 0.416 e. The molecule has 36 heavy (non-hydrogen) atoms. The van der Waals surface area contributed by atoms with E-state index < -0.39 is 23.6 Å². The van der Waals surface area contributed by atoms with Crippen LogP contribution >= 0.6 is 0 Å². The number of fused-ring (bicyclic) bond motifs is 1. The number of hydrogen-bond donors (Lipinski definition) is 2. The van der Waals surface area contributed by atoms with Crippen LogP contribution in [-0.2, 0) is 22.3 Å². The van der Waals surface area contributed by atoms with Crippen molar-refractivity contribution in [1.29, 1.82) is 0 Å². The van der Waals surface area contributed by atoms with Crippen LogP contribution in [0, 0.1) is 0 Å². The van der Waals surface area contributed by atoms with Gasteiger partial charge in [0.25, 0.3) is 5.91 Å². The highest BCUT2D eigenvalue weighted by Gasteiger charge is 2.34. The van der Waals surface area contributed by atoms with Crippen molar-refractivity contribution in [2.24, 2.45) is 0 Å². The summed E-state index contributed by atoms with van der Waals surface area (Å²) in [4.78, 5) is 26.7. The predicted molar refractivity (Wildman–Crippen MR) is 132 cm³/mol. The van der Waals surface area contributed by atoms with Crippen LogP contribution in [0.4, 0.5) is 24.5 Å². The molecule has 186 valence electrons. The number of nitrogens with one attached hydrogen (secondary N) is 2. The third kappa shape index (κ3) is 5.11. The van der Waals surface area contributed by atoms with E-state index >= 15 is 0 Å². The predicted octanol–water partition coefficient (Wildman–Crippen LogP) is 5.49. The fraction of sp³-hybridized carbons (Fsp3) is 0.185. The quantitative estimate of drug-likeness (QED) is 0.350. The summed E-state index contributed by atoms with van der Waals surface area (Å²) in [5.41, 5.74) is 1.96. The minimum Gasteiger partial charge on any atom is -0.465 e. The molecule has 0 aliphatic carbocycles. The van der Waals surface area contributed by atoms with Crippen LogP contribution in [0.25, 0.3) is 11.3 Å². The van der Waals surface area contributed by atoms with Crippen LogP contribution in [0.3, 0.4) is 0 Å². The van der Waals surface area contributed by atoms with Crippen molar-refractivity contribution < 1.29 is 27.5 Å². The van der Waals surface area contributed by atoms with Crippen molar-refractivity contribution in [1.82, 2.24) is 4.90 Å². The van der Waals surface area contributed by atoms with E-state index in [0.717, 1.165) is 6.07 Å². The average molecular weight is 496 g/mol. The first-order chi connectivity index (χ1) is 17.1. The van der Waals surface area contributed by atoms with Gasteiger partial charge in [0.15, 0.2) is 0 Å². The maximum Gasteiger partial charge on any atom is 0.416 e. The maximum atomic E-state index is 13.9. The lowest BCUT2D eigenvalue weighted by Gasteiger charge is -2.19. The Morgan fingerprint density at radius 3 is 2.36 bits per heavy atom. The van der Waals surface area contributed by atoms with E-state index in [1.54, 1.807) is 61.5 Å². The second-order valence-corrected chi connectivity index (χ2v) is 8.55. The molecule has 0 bridgehead atoms. The third-order valence-corrected chi connectivity index (χ3v) is 5.67. The fourth-order valence-corrected chi connectivity index (χ4v) is 4.09. The number of esters is 1. The second kappa shape index (κ2) is 9.87. The van der Waals surface area contributed by atoms with Crippen molar-refractivity contribution in [3.8, 4) is 0 Å². The standard InChI is InChI=1S/C27H24F3N3O3/c1-33(2)15-18-9-11-19(14-21(18)27(28,29)30)31-24(16-7-5-4-6-8-16)23-20-12-10-17(26(35)36-3)13-22(20)32-25(23)34/h4-14,31H,15H2,1-3H3,(H,32,34)/b24-23+. The van der Waals surface area contributed by atoms with E-state index in [9.17, 15) is 22.8 Å². The Labute approximate surface area is 206 Å². The molecule has 1 aliphatic heterocycles. The Bertz CT molecular complexity index is 1350. The first-order valence-corrected chi connectivity index (χ1v) is 11.0. The zero-order valence-electron chi connectivity index (χ0n) is 19.9. The molecule has 0 saturated heterocycles. The number of rotatable bonds is 6. The molecule has 4 rings (SSSR count). The topological polar surface area (TPSA) is 70.7 Å². The van der Waals surface area contributed by atoms with Crippen LogP contribution in [0.15, 0.2) is 66.7 Å². The summed E-state index contributed by atoms with van der Waals surface area (Å²) in [5, 5.41) is 5.80. The van der Waals surface area contributed by atoms with Gasteiger partial charge >= 0.3 is 12.1 Å². The fourth-order valence-electron chi connectivity index (χ4n) is 4.09. The molecule has 0 spiro atoms. The summed E-state index contributed by atoms with van der Waals surface area (Å²) in [6.45, 7) is 0.125. The van der Waals surface area contributed by atoms with Gasteiger partial charge in [-0.25, -0.2) is 4.79 Å². The van der Waals surface area contributed by atoms with Crippen LogP contribution in [0.1, 0.15) is 32.6 Å². The van der Waals surface area contributed by atoms with Gasteiger partial charge in [0.2, 0.25) is 0 Å². The Hall–Kier alpha value is -4.11. The molecule has 2 N–H and O–H groups in total. The lowest BCUT2D eigenvalue weighted by molar-refractivity contribution is -0.138. The normalized spacial score (nSPS) is 14.4. The number of carbonyl (C=O) groups excluding carboxylic acids is 2. The van der Waals surface area contributed by atoms with Crippen molar-refractivity contribution in [2.45, 2.75) is 12.7 Å². The summed E-state index contributed by atoms with van der Waals surface area (Å²) in [6, 6.07) is 17.6. The molecule has 0 unspecified atom stereocenters. The highest BCUT2D eigenvalue weighted by molar-refractivity contribution is 6.37. The van der Waals surface area contributed by atoms with Crippen LogP contribution in [0.5, 0.6) is 0 Å². The van der Waals surface area contributed by atoms with Gasteiger partial charge in [-0.05, 0) is 49.5 Å². The molecule has 0 saturated carbocycles. The highest BCUT2D eigenvalue weighted by atomic mass is 19.4. The number of amides is 1. The van der Waals surface area contributed by atoms with Crippen molar-refractivity contribution >= 4 is 34.5 Å². The molecule has 0 radical (unpaired) electrons. The Balaban J connectivity index is 1.85. The second-order valence-electron chi connectivity index (χ2n) is 8.55. The summed E-state index contributed by atoms with van der Waals surface area (Å²) in [6.07, 6.45) is -4.55. The number of carbonyl (C=O) groups is 2. The van der Waals surface area contributed by atoms with Crippen LogP contribution in [-0.4, -0.2) is 38.0 Å². The number of benzene rings is 3. The van der Waals surface area contributed by atoms with E-state index in [2.05, 4.69) is 10.6 Å². The van der Waals surface area contributed by atoms with Crippen LogP contribution in [0.2, 0.25) is 0 Å². The molecule has 0 aromatic heterocycles. The van der Waals surface area contributed by atoms with Gasteiger partial charge in [-0.2, -0.15) is 13.2 Å². The highest BCUT2D eigenvalue weighted by Crippen LogP contribution is 2.39. The first-order valence-electron chi connectivity index (χ1n) is 11.0. The molecule has 0 fully saturated rings. The summed E-state index contributed by atoms with van der Waals surface area (Å²) >= 11 is 0. The van der Waals surface area contributed by atoms with E-state index in [1.807, 2.05) is 0 Å². The summed E-state index contributed by atoms with van der Waals surface area (Å²) in [7, 11) is 4.66. The van der Waals surface area contributed by atoms with Gasteiger partial charge in [0, 0.05) is 17.8 Å². The zero-order valence-corrected chi connectivity index (χ0v) is 19.9. The molecule has 1 aliphatic rings. The van der Waals surface area contributed by atoms with Gasteiger partial charge in [-0.15, -0.1) is 0 Å². The number of halogens is 3. The molecular weight excluding hydrogens is 471 g/mol. The lowest BCUT2D eigenvalue weighted by atomic mass is 9.98. The van der Waals surface area contributed by atoms with Gasteiger partial charge in [0.1, 0.15) is 0 Å². The number of alkyl halides is 3. The molecular formula is C27H24F3N3O3. The Kier molecular flexibility index (Phi) is 6.85. The van der Waals surface area contributed by atoms with Crippen LogP contribution < -0.4 is 10.6 Å². The summed E-state index contributed by atoms with van der Waals surface area (Å²) in [5.74, 6) is -0.998. The zero-order chi connectivity index (χ0) is 26.0. The van der Waals surface area contributed by atoms with Crippen molar-refractivity contribution in [3.05, 3.63) is 94.5 Å². The Morgan fingerprint density at radius 2 is 1.72 bits per heavy atom. The van der Waals surface area contributed by atoms with Crippen molar-refractivity contribution in [2.75, 3.05) is 31.8 Å². The van der Waals surface area contributed by atoms with E-state index in [1.165, 1.54) is 25.3 Å². The molecule has 3 aromatic rings. The summed E-state index contributed by atoms with van der Waals surface area (Å²) < 4.78 is 46.4. The molecule has 6 nitrogen and oxygen atoms in total. The minimum absolute atomic E-state index is 0.125. The largest absolute Gasteiger partial charge is 0.465 e. The number of nitrogens with zero attached hydrogens (tertiary/aromatic N) is 1. The van der Waals surface area contributed by atoms with Crippen molar-refractivity contribution in [3.63, 3.8) is 0 Å².